The highest BCUT2D eigenvalue weighted by Gasteiger charge is 2.24. The van der Waals surface area contributed by atoms with Gasteiger partial charge in [0.2, 0.25) is 11.8 Å². The molecule has 0 unspecified atom stereocenters. The van der Waals surface area contributed by atoms with Crippen molar-refractivity contribution in [1.82, 2.24) is 10.6 Å². The fraction of sp³-hybridized carbons (Fsp3) is 0.273. The van der Waals surface area contributed by atoms with Gasteiger partial charge in [-0.1, -0.05) is 23.2 Å². The zero-order valence-electron chi connectivity index (χ0n) is 18.1. The number of halogens is 2. The van der Waals surface area contributed by atoms with Gasteiger partial charge in [-0.3, -0.25) is 9.59 Å². The molecule has 0 saturated heterocycles. The second-order valence-corrected chi connectivity index (χ2v) is 8.35. The van der Waals surface area contributed by atoms with E-state index in [1.165, 1.54) is 38.1 Å². The molecule has 0 fully saturated rings. The molecular weight excluding hydrogens is 491 g/mol. The average Bonchev–Trinajstić information content (AvgIpc) is 2.71. The van der Waals surface area contributed by atoms with Crippen LogP contribution >= 0.6 is 23.2 Å². The quantitative estimate of drug-likeness (QED) is 0.296. The van der Waals surface area contributed by atoms with Crippen LogP contribution in [-0.2, 0) is 32.0 Å². The van der Waals surface area contributed by atoms with E-state index in [1.54, 1.807) is 0 Å². The Morgan fingerprint density at radius 1 is 0.735 bits per heavy atom. The Morgan fingerprint density at radius 2 is 1.06 bits per heavy atom. The zero-order valence-corrected chi connectivity index (χ0v) is 19.6. The molecule has 0 aromatic heterocycles. The molecule has 0 spiro atoms. The minimum Gasteiger partial charge on any atom is -0.506 e. The minimum atomic E-state index is -1.29. The third kappa shape index (κ3) is 6.75. The molecule has 0 bridgehead atoms. The number of hydrogen-bond donors (Lipinski definition) is 6. The molecule has 2 rings (SSSR count). The van der Waals surface area contributed by atoms with Crippen molar-refractivity contribution in [1.29, 1.82) is 0 Å². The summed E-state index contributed by atoms with van der Waals surface area (Å²) in [6, 6.07) is 2.83. The average molecular weight is 513 g/mol. The van der Waals surface area contributed by atoms with Gasteiger partial charge in [-0.25, -0.2) is 9.59 Å². The van der Waals surface area contributed by atoms with E-state index in [2.05, 4.69) is 10.6 Å². The molecule has 2 atom stereocenters. The van der Waals surface area contributed by atoms with E-state index in [-0.39, 0.29) is 34.0 Å². The van der Waals surface area contributed by atoms with Crippen LogP contribution in [0.15, 0.2) is 24.3 Å². The summed E-state index contributed by atoms with van der Waals surface area (Å²) in [5, 5.41) is 44.1. The van der Waals surface area contributed by atoms with Crippen LogP contribution in [0, 0.1) is 0 Å². The summed E-state index contributed by atoms with van der Waals surface area (Å²) in [6.07, 6.45) is -0.362. The SMILES string of the molecule is CC(=O)N[C@@H](Cc1cc(Cl)c(O)c(-c2cc(C[C@H](NC(C)=O)C(=O)O)cc(Cl)c2O)c1)C(=O)O. The summed E-state index contributed by atoms with van der Waals surface area (Å²) in [5.41, 5.74) is 0.646. The van der Waals surface area contributed by atoms with Crippen LogP contribution in [0.5, 0.6) is 11.5 Å². The van der Waals surface area contributed by atoms with Gasteiger partial charge in [0.1, 0.15) is 23.6 Å². The lowest BCUT2D eigenvalue weighted by Crippen LogP contribution is -2.41. The lowest BCUT2D eigenvalue weighted by atomic mass is 9.95. The summed E-state index contributed by atoms with van der Waals surface area (Å²) in [5.74, 6) is -4.55. The van der Waals surface area contributed by atoms with E-state index in [1.807, 2.05) is 0 Å². The van der Waals surface area contributed by atoms with Crippen molar-refractivity contribution in [3.8, 4) is 22.6 Å². The summed E-state index contributed by atoms with van der Waals surface area (Å²) >= 11 is 12.3. The van der Waals surface area contributed by atoms with Crippen LogP contribution in [0.2, 0.25) is 10.0 Å². The van der Waals surface area contributed by atoms with Gasteiger partial charge in [0, 0.05) is 37.8 Å². The van der Waals surface area contributed by atoms with Crippen molar-refractivity contribution >= 4 is 47.0 Å². The van der Waals surface area contributed by atoms with Gasteiger partial charge >= 0.3 is 11.9 Å². The maximum absolute atomic E-state index is 11.5. The Balaban J connectivity index is 2.55. The van der Waals surface area contributed by atoms with E-state index in [4.69, 9.17) is 23.2 Å². The number of phenols is 2. The second-order valence-electron chi connectivity index (χ2n) is 7.54. The zero-order chi connectivity index (χ0) is 25.7. The van der Waals surface area contributed by atoms with Crippen LogP contribution < -0.4 is 10.6 Å². The highest BCUT2D eigenvalue weighted by atomic mass is 35.5. The first-order valence-electron chi connectivity index (χ1n) is 9.83. The Morgan fingerprint density at radius 3 is 1.32 bits per heavy atom. The molecule has 0 saturated carbocycles. The topological polar surface area (TPSA) is 173 Å². The number of aromatic hydroxyl groups is 2. The molecule has 2 aromatic carbocycles. The summed E-state index contributed by atoms with van der Waals surface area (Å²) in [7, 11) is 0. The van der Waals surface area contributed by atoms with Crippen molar-refractivity contribution < 1.29 is 39.6 Å². The van der Waals surface area contributed by atoms with Crippen molar-refractivity contribution in [3.63, 3.8) is 0 Å². The number of carboxylic acid groups (broad SMARTS) is 2. The van der Waals surface area contributed by atoms with E-state index >= 15 is 0 Å². The van der Waals surface area contributed by atoms with Crippen molar-refractivity contribution in [3.05, 3.63) is 45.4 Å². The summed E-state index contributed by atoms with van der Waals surface area (Å²) in [6.45, 7) is 2.34. The Hall–Kier alpha value is -3.50. The van der Waals surface area contributed by atoms with Gasteiger partial charge in [-0.05, 0) is 35.4 Å². The molecule has 182 valence electrons. The molecule has 0 aliphatic heterocycles. The highest BCUT2D eigenvalue weighted by Crippen LogP contribution is 2.43. The van der Waals surface area contributed by atoms with Crippen molar-refractivity contribution in [2.45, 2.75) is 38.8 Å². The maximum atomic E-state index is 11.5. The van der Waals surface area contributed by atoms with Gasteiger partial charge in [0.25, 0.3) is 0 Å². The number of carbonyl (C=O) groups is 4. The van der Waals surface area contributed by atoms with Gasteiger partial charge in [0.05, 0.1) is 10.0 Å². The fourth-order valence-corrected chi connectivity index (χ4v) is 3.80. The molecule has 0 aliphatic carbocycles. The first kappa shape index (κ1) is 26.7. The standard InChI is InChI=1S/C22H22Cl2N2O8/c1-9(27)25-17(21(31)32)7-11-3-13(19(29)15(23)5-11)14-4-12(6-16(24)20(14)30)8-18(22(33)34)26-10(2)28/h3-6,17-18,29-30H,7-8H2,1-2H3,(H,25,27)(H,26,28)(H,31,32)(H,33,34)/t17-,18-/m0/s1. The summed E-state index contributed by atoms with van der Waals surface area (Å²) < 4.78 is 0. The third-order valence-electron chi connectivity index (χ3n) is 4.77. The summed E-state index contributed by atoms with van der Waals surface area (Å²) in [4.78, 5) is 45.6. The Labute approximate surface area is 204 Å². The van der Waals surface area contributed by atoms with Crippen LogP contribution in [0.1, 0.15) is 25.0 Å². The number of nitrogens with one attached hydrogen (secondary N) is 2. The molecule has 0 heterocycles. The van der Waals surface area contributed by atoms with Gasteiger partial charge in [0.15, 0.2) is 0 Å². The van der Waals surface area contributed by atoms with Crippen LogP contribution in [0.25, 0.3) is 11.1 Å². The smallest absolute Gasteiger partial charge is 0.326 e. The molecule has 12 heteroatoms. The van der Waals surface area contributed by atoms with Crippen LogP contribution in [-0.4, -0.2) is 56.3 Å². The van der Waals surface area contributed by atoms with Crippen LogP contribution in [0.3, 0.4) is 0 Å². The number of carboxylic acids is 2. The monoisotopic (exact) mass is 512 g/mol. The van der Waals surface area contributed by atoms with Gasteiger partial charge in [-0.2, -0.15) is 0 Å². The van der Waals surface area contributed by atoms with E-state index < -0.39 is 47.3 Å². The number of hydrogen-bond acceptors (Lipinski definition) is 6. The number of amides is 2. The van der Waals surface area contributed by atoms with E-state index in [9.17, 15) is 39.6 Å². The Bertz CT molecular complexity index is 1060. The molecule has 34 heavy (non-hydrogen) atoms. The van der Waals surface area contributed by atoms with Gasteiger partial charge < -0.3 is 31.1 Å². The molecule has 0 aliphatic rings. The maximum Gasteiger partial charge on any atom is 0.326 e. The van der Waals surface area contributed by atoms with E-state index in [0.717, 1.165) is 0 Å². The lowest BCUT2D eigenvalue weighted by molar-refractivity contribution is -0.141. The molecular formula is C22H22Cl2N2O8. The number of aliphatic carboxylic acids is 2. The first-order valence-corrected chi connectivity index (χ1v) is 10.6. The van der Waals surface area contributed by atoms with Crippen LogP contribution in [0.4, 0.5) is 0 Å². The number of carbonyl (C=O) groups excluding carboxylic acids is 2. The first-order chi connectivity index (χ1) is 15.8. The second kappa shape index (κ2) is 11.1. The highest BCUT2D eigenvalue weighted by molar-refractivity contribution is 6.33. The largest absolute Gasteiger partial charge is 0.506 e. The van der Waals surface area contributed by atoms with Gasteiger partial charge in [-0.15, -0.1) is 0 Å². The van der Waals surface area contributed by atoms with Crippen molar-refractivity contribution in [2.75, 3.05) is 0 Å². The number of phenolic OH excluding ortho intramolecular Hbond substituents is 2. The van der Waals surface area contributed by atoms with E-state index in [0.29, 0.717) is 11.1 Å². The normalized spacial score (nSPS) is 12.5. The third-order valence-corrected chi connectivity index (χ3v) is 5.34. The predicted molar refractivity (Wildman–Crippen MR) is 123 cm³/mol. The Kier molecular flexibility index (Phi) is 8.72. The van der Waals surface area contributed by atoms with Crippen molar-refractivity contribution in [2.24, 2.45) is 0 Å². The molecule has 6 N–H and O–H groups in total. The molecule has 2 amide bonds. The molecule has 10 nitrogen and oxygen atoms in total. The number of benzene rings is 2. The molecule has 2 aromatic rings. The molecule has 0 radical (unpaired) electrons. The number of rotatable bonds is 9. The minimum absolute atomic E-state index is 0.00196. The lowest BCUT2D eigenvalue weighted by Gasteiger charge is -2.18. The fourth-order valence-electron chi connectivity index (χ4n) is 3.32. The predicted octanol–water partition coefficient (Wildman–Crippen LogP) is 2.34.